The Morgan fingerprint density at radius 2 is 2.17 bits per heavy atom. The third-order valence-electron chi connectivity index (χ3n) is 2.85. The van der Waals surface area contributed by atoms with Crippen molar-refractivity contribution in [2.24, 2.45) is 16.3 Å². The van der Waals surface area contributed by atoms with Crippen molar-refractivity contribution >= 4 is 11.7 Å². The lowest BCUT2D eigenvalue weighted by molar-refractivity contribution is -0.127. The first-order chi connectivity index (χ1) is 8.28. The average molecular weight is 253 g/mol. The Morgan fingerprint density at radius 3 is 2.61 bits per heavy atom. The first-order valence-corrected chi connectivity index (χ1v) is 5.64. The Bertz CT molecular complexity index is 463. The van der Waals surface area contributed by atoms with Gasteiger partial charge in [0.2, 0.25) is 5.91 Å². The normalized spacial score (nSPS) is 14.3. The summed E-state index contributed by atoms with van der Waals surface area (Å²) in [6.07, 6.45) is 0. The van der Waals surface area contributed by atoms with E-state index in [4.69, 9.17) is 15.4 Å². The van der Waals surface area contributed by atoms with Crippen molar-refractivity contribution < 1.29 is 14.4 Å². The van der Waals surface area contributed by atoms with Crippen LogP contribution in [0, 0.1) is 12.3 Å². The molecule has 4 N–H and O–H groups in total. The van der Waals surface area contributed by atoms with Gasteiger partial charge >= 0.3 is 0 Å². The van der Waals surface area contributed by atoms with Crippen LogP contribution in [0.2, 0.25) is 0 Å². The van der Waals surface area contributed by atoms with Crippen LogP contribution in [0.15, 0.2) is 21.7 Å². The van der Waals surface area contributed by atoms with Gasteiger partial charge in [0.05, 0.1) is 6.04 Å². The molecule has 0 aliphatic heterocycles. The van der Waals surface area contributed by atoms with Gasteiger partial charge in [0, 0.05) is 0 Å². The molecular formula is C12H19N3O3. The number of oxime groups is 1. The van der Waals surface area contributed by atoms with E-state index in [0.29, 0.717) is 5.76 Å². The van der Waals surface area contributed by atoms with Crippen LogP contribution < -0.4 is 11.1 Å². The highest BCUT2D eigenvalue weighted by atomic mass is 16.4. The highest BCUT2D eigenvalue weighted by Crippen LogP contribution is 2.20. The number of carbonyl (C=O) groups excluding carboxylic acids is 1. The molecule has 0 spiro atoms. The number of rotatable bonds is 4. The Hall–Kier alpha value is -1.98. The largest absolute Gasteiger partial charge is 0.464 e. The predicted molar refractivity (Wildman–Crippen MR) is 67.2 cm³/mol. The zero-order valence-corrected chi connectivity index (χ0v) is 11.0. The summed E-state index contributed by atoms with van der Waals surface area (Å²) in [5.74, 6) is 0.972. The van der Waals surface area contributed by atoms with Crippen molar-refractivity contribution in [3.63, 3.8) is 0 Å². The highest BCUT2D eigenvalue weighted by molar-refractivity contribution is 6.05. The molecule has 100 valence electrons. The maximum absolute atomic E-state index is 12.0. The van der Waals surface area contributed by atoms with Gasteiger partial charge in [-0.25, -0.2) is 0 Å². The summed E-state index contributed by atoms with van der Waals surface area (Å²) < 4.78 is 5.42. The summed E-state index contributed by atoms with van der Waals surface area (Å²) in [6, 6.07) is 3.35. The monoisotopic (exact) mass is 253 g/mol. The molecule has 1 rings (SSSR count). The maximum atomic E-state index is 12.0. The Kier molecular flexibility index (Phi) is 4.00. The molecule has 18 heavy (non-hydrogen) atoms. The Balaban J connectivity index is 2.76. The molecule has 0 saturated carbocycles. The second-order valence-electron chi connectivity index (χ2n) is 4.75. The molecule has 0 aromatic carbocycles. The molecule has 1 heterocycles. The summed E-state index contributed by atoms with van der Waals surface area (Å²) in [5.41, 5.74) is 4.41. The van der Waals surface area contributed by atoms with Gasteiger partial charge in [-0.3, -0.25) is 4.79 Å². The molecule has 1 aromatic heterocycles. The summed E-state index contributed by atoms with van der Waals surface area (Å²) in [5, 5.41) is 14.3. The molecule has 6 nitrogen and oxygen atoms in total. The van der Waals surface area contributed by atoms with E-state index in [9.17, 15) is 4.79 Å². The molecule has 0 aliphatic rings. The molecule has 0 radical (unpaired) electrons. The van der Waals surface area contributed by atoms with E-state index >= 15 is 0 Å². The molecule has 1 atom stereocenters. The minimum atomic E-state index is -1.08. The van der Waals surface area contributed by atoms with E-state index in [-0.39, 0.29) is 17.8 Å². The fraction of sp³-hybridized carbons (Fsp3) is 0.500. The maximum Gasteiger partial charge on any atom is 0.233 e. The third kappa shape index (κ3) is 2.82. The number of carbonyl (C=O) groups is 1. The van der Waals surface area contributed by atoms with Gasteiger partial charge in [0.25, 0.3) is 0 Å². The number of nitrogens with one attached hydrogen (secondary N) is 1. The molecule has 6 heteroatoms. The van der Waals surface area contributed by atoms with Crippen LogP contribution in [0.1, 0.15) is 38.3 Å². The molecule has 0 bridgehead atoms. The van der Waals surface area contributed by atoms with Crippen molar-refractivity contribution in [3.05, 3.63) is 23.7 Å². The quantitative estimate of drug-likeness (QED) is 0.328. The lowest BCUT2D eigenvalue weighted by Crippen LogP contribution is -2.46. The van der Waals surface area contributed by atoms with E-state index in [1.165, 1.54) is 0 Å². The first-order valence-electron chi connectivity index (χ1n) is 5.64. The zero-order valence-electron chi connectivity index (χ0n) is 11.0. The van der Waals surface area contributed by atoms with E-state index in [2.05, 4.69) is 10.5 Å². The molecule has 0 fully saturated rings. The van der Waals surface area contributed by atoms with Crippen molar-refractivity contribution in [2.45, 2.75) is 33.7 Å². The van der Waals surface area contributed by atoms with Gasteiger partial charge in [-0.15, -0.1) is 0 Å². The van der Waals surface area contributed by atoms with Crippen LogP contribution in [0.5, 0.6) is 0 Å². The molecule has 1 unspecified atom stereocenters. The summed E-state index contributed by atoms with van der Waals surface area (Å²) in [6.45, 7) is 6.80. The van der Waals surface area contributed by atoms with Gasteiger partial charge in [0.1, 0.15) is 16.9 Å². The lowest BCUT2D eigenvalue weighted by Gasteiger charge is -2.23. The zero-order chi connectivity index (χ0) is 13.9. The van der Waals surface area contributed by atoms with Gasteiger partial charge in [-0.1, -0.05) is 5.16 Å². The molecule has 1 aromatic rings. The van der Waals surface area contributed by atoms with Crippen LogP contribution in [-0.4, -0.2) is 17.0 Å². The average Bonchev–Trinajstić information content (AvgIpc) is 2.74. The molecule has 0 saturated heterocycles. The SMILES string of the molecule is Cc1ccc(C(C)NC(=O)C(C)(C)C(N)=NO)o1. The van der Waals surface area contributed by atoms with Gasteiger partial charge in [0.15, 0.2) is 5.84 Å². The number of nitrogens with two attached hydrogens (primary N) is 1. The predicted octanol–water partition coefficient (Wildman–Crippen LogP) is 1.54. The van der Waals surface area contributed by atoms with Crippen LogP contribution in [-0.2, 0) is 4.79 Å². The lowest BCUT2D eigenvalue weighted by atomic mass is 9.90. The number of amides is 1. The fourth-order valence-corrected chi connectivity index (χ4v) is 1.38. The smallest absolute Gasteiger partial charge is 0.233 e. The standard InChI is InChI=1S/C12H19N3O3/c1-7-5-6-9(18-7)8(2)14-11(16)12(3,4)10(13)15-17/h5-6,8,17H,1-4H3,(H2,13,15)(H,14,16). The second kappa shape index (κ2) is 5.12. The van der Waals surface area contributed by atoms with Crippen molar-refractivity contribution in [3.8, 4) is 0 Å². The van der Waals surface area contributed by atoms with Crippen LogP contribution in [0.3, 0.4) is 0 Å². The Labute approximate surface area is 106 Å². The summed E-state index contributed by atoms with van der Waals surface area (Å²) in [7, 11) is 0. The number of hydrogen-bond donors (Lipinski definition) is 3. The van der Waals surface area contributed by atoms with Gasteiger partial charge in [-0.2, -0.15) is 0 Å². The number of hydrogen-bond acceptors (Lipinski definition) is 4. The summed E-state index contributed by atoms with van der Waals surface area (Å²) >= 11 is 0. The summed E-state index contributed by atoms with van der Waals surface area (Å²) in [4.78, 5) is 12.0. The van der Waals surface area contributed by atoms with E-state index < -0.39 is 5.41 Å². The Morgan fingerprint density at radius 1 is 1.56 bits per heavy atom. The van der Waals surface area contributed by atoms with Crippen LogP contribution in [0.4, 0.5) is 0 Å². The third-order valence-corrected chi connectivity index (χ3v) is 2.85. The minimum Gasteiger partial charge on any atom is -0.464 e. The molecule has 1 amide bonds. The van der Waals surface area contributed by atoms with E-state index in [1.54, 1.807) is 26.8 Å². The topological polar surface area (TPSA) is 101 Å². The van der Waals surface area contributed by atoms with Crippen LogP contribution >= 0.6 is 0 Å². The van der Waals surface area contributed by atoms with Crippen molar-refractivity contribution in [2.75, 3.05) is 0 Å². The van der Waals surface area contributed by atoms with Crippen molar-refractivity contribution in [1.29, 1.82) is 0 Å². The van der Waals surface area contributed by atoms with Crippen LogP contribution in [0.25, 0.3) is 0 Å². The van der Waals surface area contributed by atoms with E-state index in [1.807, 2.05) is 13.0 Å². The molecular weight excluding hydrogens is 234 g/mol. The highest BCUT2D eigenvalue weighted by Gasteiger charge is 2.33. The molecule has 0 aliphatic carbocycles. The fourth-order valence-electron chi connectivity index (χ4n) is 1.38. The number of amidine groups is 1. The first kappa shape index (κ1) is 14.1. The number of nitrogens with zero attached hydrogens (tertiary/aromatic N) is 1. The van der Waals surface area contributed by atoms with Gasteiger partial charge in [-0.05, 0) is 39.8 Å². The van der Waals surface area contributed by atoms with Gasteiger partial charge < -0.3 is 20.7 Å². The van der Waals surface area contributed by atoms with Crippen molar-refractivity contribution in [1.82, 2.24) is 5.32 Å². The second-order valence-corrected chi connectivity index (χ2v) is 4.75. The van der Waals surface area contributed by atoms with E-state index in [0.717, 1.165) is 5.76 Å². The number of aryl methyl sites for hydroxylation is 1. The minimum absolute atomic E-state index is 0.136. The number of furan rings is 1.